The molecule has 48 heavy (non-hydrogen) atoms. The van der Waals surface area contributed by atoms with Crippen LogP contribution in [0.2, 0.25) is 0 Å². The standard InChI is InChI=1S/C33H30F4N8O3/c34-18-10-33(6-1-7-44(33)12-18)15-48-31-41-28-21(30(42-31)43-13-19-3-4-20(14-43)45(19)32(46)47)8-17(11-38)25(27(28)37)29-24-16(9-23(39)40-29)2-5-22(35)26(24)36/h2,5,8-9,18-20H,1,3-4,6-7,10,12-15H2,(H2,39,40)(H,46,47)/t18-,19-,20+,33+/m1/s1. The van der Waals surface area contributed by atoms with E-state index < -0.39 is 40.8 Å². The molecule has 4 aromatic rings. The van der Waals surface area contributed by atoms with Crippen LogP contribution >= 0.6 is 0 Å². The highest BCUT2D eigenvalue weighted by Crippen LogP contribution is 2.43. The maximum atomic E-state index is 17.0. The molecule has 0 spiro atoms. The third kappa shape index (κ3) is 4.64. The maximum Gasteiger partial charge on any atom is 0.407 e. The van der Waals surface area contributed by atoms with Crippen molar-refractivity contribution in [2.24, 2.45) is 0 Å². The van der Waals surface area contributed by atoms with Crippen LogP contribution in [0.5, 0.6) is 6.01 Å². The predicted molar refractivity (Wildman–Crippen MR) is 167 cm³/mol. The van der Waals surface area contributed by atoms with Crippen molar-refractivity contribution in [2.75, 3.05) is 43.4 Å². The van der Waals surface area contributed by atoms with Crippen LogP contribution in [0.4, 0.5) is 34.0 Å². The summed E-state index contributed by atoms with van der Waals surface area (Å²) in [6, 6.07) is 6.01. The van der Waals surface area contributed by atoms with Gasteiger partial charge in [-0.25, -0.2) is 27.3 Å². The maximum absolute atomic E-state index is 17.0. The number of hydrogen-bond donors (Lipinski definition) is 2. The number of hydrogen-bond acceptors (Lipinski definition) is 9. The number of benzene rings is 2. The van der Waals surface area contributed by atoms with E-state index in [4.69, 9.17) is 10.5 Å². The summed E-state index contributed by atoms with van der Waals surface area (Å²) in [6.45, 7) is 1.61. The molecule has 0 aliphatic carbocycles. The number of piperazine rings is 1. The zero-order valence-corrected chi connectivity index (χ0v) is 25.6. The fourth-order valence-electron chi connectivity index (χ4n) is 8.34. The van der Waals surface area contributed by atoms with E-state index >= 15 is 8.78 Å². The van der Waals surface area contributed by atoms with E-state index in [2.05, 4.69) is 19.9 Å². The molecule has 6 heterocycles. The Bertz CT molecular complexity index is 2050. The van der Waals surface area contributed by atoms with E-state index in [1.54, 1.807) is 0 Å². The monoisotopic (exact) mass is 662 g/mol. The lowest BCUT2D eigenvalue weighted by Crippen LogP contribution is -2.55. The molecule has 2 aromatic heterocycles. The number of aromatic nitrogens is 3. The van der Waals surface area contributed by atoms with Crippen LogP contribution in [0.15, 0.2) is 24.3 Å². The SMILES string of the molecule is N#Cc1cc2c(N3C[C@H]4CC[C@@H](C3)N4C(=O)O)nc(OC[C@@]34CCCN3C[C@H](F)C4)nc2c(F)c1-c1nc(N)cc2ccc(F)c(F)c12. The van der Waals surface area contributed by atoms with Crippen LogP contribution in [0, 0.1) is 28.8 Å². The summed E-state index contributed by atoms with van der Waals surface area (Å²) in [5.41, 5.74) is 4.16. The minimum Gasteiger partial charge on any atom is -0.465 e. The normalized spacial score (nSPS) is 25.2. The van der Waals surface area contributed by atoms with Gasteiger partial charge in [-0.2, -0.15) is 15.2 Å². The van der Waals surface area contributed by atoms with Gasteiger partial charge in [0.25, 0.3) is 0 Å². The summed E-state index contributed by atoms with van der Waals surface area (Å²) in [4.78, 5) is 30.6. The van der Waals surface area contributed by atoms with E-state index in [9.17, 15) is 23.9 Å². The zero-order valence-electron chi connectivity index (χ0n) is 25.6. The molecule has 2 bridgehead atoms. The topological polar surface area (TPSA) is 145 Å². The number of nitriles is 1. The second-order valence-corrected chi connectivity index (χ2v) is 13.1. The number of alkyl halides is 1. The van der Waals surface area contributed by atoms with Gasteiger partial charge in [0.1, 0.15) is 29.9 Å². The minimum absolute atomic E-state index is 0.0626. The Morgan fingerprint density at radius 3 is 2.60 bits per heavy atom. The zero-order chi connectivity index (χ0) is 33.5. The number of carboxylic acid groups (broad SMARTS) is 1. The van der Waals surface area contributed by atoms with E-state index in [1.807, 2.05) is 11.0 Å². The molecule has 0 radical (unpaired) electrons. The average Bonchev–Trinajstić information content (AvgIpc) is 3.68. The van der Waals surface area contributed by atoms with E-state index in [0.29, 0.717) is 25.8 Å². The van der Waals surface area contributed by atoms with E-state index in [-0.39, 0.29) is 88.8 Å². The van der Waals surface area contributed by atoms with Gasteiger partial charge < -0.3 is 20.5 Å². The van der Waals surface area contributed by atoms with Gasteiger partial charge in [0.05, 0.1) is 40.5 Å². The van der Waals surface area contributed by atoms with Gasteiger partial charge in [-0.1, -0.05) is 6.07 Å². The number of nitrogens with zero attached hydrogens (tertiary/aromatic N) is 7. The van der Waals surface area contributed by atoms with Crippen molar-refractivity contribution in [1.29, 1.82) is 5.26 Å². The van der Waals surface area contributed by atoms with Gasteiger partial charge >= 0.3 is 12.1 Å². The first-order chi connectivity index (χ1) is 23.1. The lowest BCUT2D eigenvalue weighted by molar-refractivity contribution is 0.107. The van der Waals surface area contributed by atoms with E-state index in [0.717, 1.165) is 19.0 Å². The Morgan fingerprint density at radius 1 is 1.10 bits per heavy atom. The van der Waals surface area contributed by atoms with Crippen LogP contribution in [-0.4, -0.2) is 92.5 Å². The highest BCUT2D eigenvalue weighted by atomic mass is 19.2. The molecule has 248 valence electrons. The minimum atomic E-state index is -1.28. The van der Waals surface area contributed by atoms with Crippen molar-refractivity contribution in [3.05, 3.63) is 47.3 Å². The Labute approximate surface area is 271 Å². The fraction of sp³-hybridized carbons (Fsp3) is 0.424. The number of amides is 1. The van der Waals surface area contributed by atoms with Crippen molar-refractivity contribution in [1.82, 2.24) is 24.8 Å². The number of carbonyl (C=O) groups is 1. The Morgan fingerprint density at radius 2 is 1.88 bits per heavy atom. The van der Waals surface area contributed by atoms with Gasteiger partial charge in [0, 0.05) is 36.8 Å². The molecule has 1 amide bonds. The smallest absolute Gasteiger partial charge is 0.407 e. The molecule has 8 rings (SSSR count). The molecule has 2 aromatic carbocycles. The van der Waals surface area contributed by atoms with Crippen LogP contribution < -0.4 is 15.4 Å². The fourth-order valence-corrected chi connectivity index (χ4v) is 8.34. The van der Waals surface area contributed by atoms with Gasteiger partial charge in [0.15, 0.2) is 17.5 Å². The lowest BCUT2D eigenvalue weighted by Gasteiger charge is -2.40. The number of nitrogen functional groups attached to an aromatic ring is 1. The summed E-state index contributed by atoms with van der Waals surface area (Å²) >= 11 is 0. The third-order valence-electron chi connectivity index (χ3n) is 10.4. The highest BCUT2D eigenvalue weighted by Gasteiger charge is 2.49. The molecule has 3 N–H and O–H groups in total. The molecule has 11 nitrogen and oxygen atoms in total. The number of halogens is 4. The van der Waals surface area contributed by atoms with Gasteiger partial charge in [0.2, 0.25) is 0 Å². The second kappa shape index (κ2) is 11.0. The Kier molecular flexibility index (Phi) is 6.99. The molecule has 0 unspecified atom stereocenters. The van der Waals surface area contributed by atoms with Gasteiger partial charge in [-0.05, 0) is 55.8 Å². The average molecular weight is 663 g/mol. The lowest BCUT2D eigenvalue weighted by atomic mass is 9.95. The molecular formula is C33H30F4N8O3. The number of nitrogens with two attached hydrogens (primary N) is 1. The van der Waals surface area contributed by atoms with Crippen molar-refractivity contribution >= 4 is 39.4 Å². The first-order valence-electron chi connectivity index (χ1n) is 15.8. The Balaban J connectivity index is 1.31. The summed E-state index contributed by atoms with van der Waals surface area (Å²) < 4.78 is 67.4. The number of pyridine rings is 1. The molecule has 4 fully saturated rings. The summed E-state index contributed by atoms with van der Waals surface area (Å²) in [5.74, 6) is -3.38. The van der Waals surface area contributed by atoms with Crippen LogP contribution in [-0.2, 0) is 0 Å². The van der Waals surface area contributed by atoms with Crippen LogP contribution in [0.25, 0.3) is 32.9 Å². The molecule has 0 saturated carbocycles. The number of anilines is 2. The van der Waals surface area contributed by atoms with Crippen molar-refractivity contribution < 1.29 is 32.2 Å². The van der Waals surface area contributed by atoms with E-state index in [1.165, 1.54) is 23.1 Å². The predicted octanol–water partition coefficient (Wildman–Crippen LogP) is 5.00. The van der Waals surface area contributed by atoms with Crippen LogP contribution in [0.1, 0.15) is 37.7 Å². The second-order valence-electron chi connectivity index (χ2n) is 13.1. The number of fused-ring (bicyclic) bond motifs is 5. The first kappa shape index (κ1) is 30.4. The first-order valence-corrected chi connectivity index (χ1v) is 15.8. The molecule has 4 aliphatic heterocycles. The highest BCUT2D eigenvalue weighted by molar-refractivity contribution is 6.02. The third-order valence-corrected chi connectivity index (χ3v) is 10.4. The van der Waals surface area contributed by atoms with Gasteiger partial charge in [-0.3, -0.25) is 9.80 Å². The molecule has 4 aliphatic rings. The van der Waals surface area contributed by atoms with Crippen molar-refractivity contribution in [3.8, 4) is 23.3 Å². The molecule has 4 atom stereocenters. The summed E-state index contributed by atoms with van der Waals surface area (Å²) in [5, 5.41) is 20.0. The number of ether oxygens (including phenoxy) is 1. The van der Waals surface area contributed by atoms with Gasteiger partial charge in [-0.15, -0.1) is 0 Å². The summed E-state index contributed by atoms with van der Waals surface area (Å²) in [7, 11) is 0. The number of rotatable bonds is 5. The van der Waals surface area contributed by atoms with Crippen LogP contribution in [0.3, 0.4) is 0 Å². The Hall–Kier alpha value is -4.97. The largest absolute Gasteiger partial charge is 0.465 e. The quantitative estimate of drug-likeness (QED) is 0.280. The molecule has 15 heteroatoms. The van der Waals surface area contributed by atoms with Crippen molar-refractivity contribution in [2.45, 2.75) is 55.9 Å². The van der Waals surface area contributed by atoms with Crippen molar-refractivity contribution in [3.63, 3.8) is 0 Å². The molecular weight excluding hydrogens is 632 g/mol. The summed E-state index contributed by atoms with van der Waals surface area (Å²) in [6.07, 6.45) is 1.14. The molecule has 4 saturated heterocycles.